The number of Topliss-reactive ketones (excluding diaryl/α,β-unsaturated/α-hetero) is 2. The largest absolute Gasteiger partial charge is 0.444 e. The molecular weight excluding hydrogens is 674 g/mol. The van der Waals surface area contributed by atoms with Crippen molar-refractivity contribution in [2.24, 2.45) is 28.6 Å². The lowest BCUT2D eigenvalue weighted by Gasteiger charge is -2.35. The molecule has 3 amide bonds. The second-order valence-corrected chi connectivity index (χ2v) is 18.3. The molecule has 3 heterocycles. The lowest BCUT2D eigenvalue weighted by molar-refractivity contribution is -0.147. The van der Waals surface area contributed by atoms with Crippen LogP contribution < -0.4 is 4.72 Å². The van der Waals surface area contributed by atoms with Crippen molar-refractivity contribution < 1.29 is 41.9 Å². The van der Waals surface area contributed by atoms with Crippen LogP contribution in [0.5, 0.6) is 0 Å². The van der Waals surface area contributed by atoms with Crippen LogP contribution in [0.15, 0.2) is 30.9 Å². The van der Waals surface area contributed by atoms with Gasteiger partial charge in [0.15, 0.2) is 5.78 Å². The number of carbonyl (C=O) groups excluding carboxylic acids is 5. The average Bonchev–Trinajstić information content (AvgIpc) is 3.96. The minimum atomic E-state index is -3.85. The number of nitrogens with zero attached hydrogens (tertiary/aromatic N) is 2. The van der Waals surface area contributed by atoms with E-state index in [9.17, 15) is 32.4 Å². The first-order valence-corrected chi connectivity index (χ1v) is 19.8. The molecule has 6 rings (SSSR count). The highest BCUT2D eigenvalue weighted by Gasteiger charge is 2.61. The third kappa shape index (κ3) is 7.79. The van der Waals surface area contributed by atoms with Crippen molar-refractivity contribution >= 4 is 39.5 Å². The Morgan fingerprint density at radius 2 is 1.84 bits per heavy atom. The number of ketones is 2. The Morgan fingerprint density at radius 1 is 1.12 bits per heavy atom. The van der Waals surface area contributed by atoms with Crippen molar-refractivity contribution in [3.05, 3.63) is 47.5 Å². The number of nitrogens with one attached hydrogen (secondary N) is 1. The highest BCUT2D eigenvalue weighted by molar-refractivity contribution is 7.90. The van der Waals surface area contributed by atoms with Crippen LogP contribution in [0.3, 0.4) is 0 Å². The standard InChI is InChI=1S/C38H51N3O9S/c1-6-26-17-38(26,35(45)39-51(47,48)28-12-13-28)18-33(43)31-15-27-20-41(31)34(44)30(37(3,4)5)16-32(42)23(2)22-49-14-8-11-24-9-7-10-25-19-40(21-29(24)25)36(46)50-27/h6-7,9-10,23,26-28,30-31H,1,8,11-22H2,2-5H3,(H,39,45)/t23-,26+,27+,30+,31-,38+/m0/s1. The molecule has 0 aromatic heterocycles. The zero-order chi connectivity index (χ0) is 36.9. The van der Waals surface area contributed by atoms with Gasteiger partial charge in [-0.05, 0) is 60.1 Å². The summed E-state index contributed by atoms with van der Waals surface area (Å²) in [5, 5.41) is -0.613. The summed E-state index contributed by atoms with van der Waals surface area (Å²) in [6.45, 7) is 12.6. The third-order valence-corrected chi connectivity index (χ3v) is 13.3. The summed E-state index contributed by atoms with van der Waals surface area (Å²) in [7, 11) is -3.85. The Morgan fingerprint density at radius 3 is 2.51 bits per heavy atom. The molecule has 5 aliphatic rings. The molecule has 12 nitrogen and oxygen atoms in total. The van der Waals surface area contributed by atoms with Gasteiger partial charge in [-0.2, -0.15) is 0 Å². The summed E-state index contributed by atoms with van der Waals surface area (Å²) in [6.07, 6.45) is 2.60. The topological polar surface area (TPSA) is 156 Å². The molecule has 4 bridgehead atoms. The highest BCUT2D eigenvalue weighted by atomic mass is 32.2. The average molecular weight is 726 g/mol. The summed E-state index contributed by atoms with van der Waals surface area (Å²) in [5.41, 5.74) is 1.29. The monoisotopic (exact) mass is 725 g/mol. The van der Waals surface area contributed by atoms with Gasteiger partial charge in [0.25, 0.3) is 0 Å². The molecule has 0 unspecified atom stereocenters. The molecule has 51 heavy (non-hydrogen) atoms. The first-order valence-electron chi connectivity index (χ1n) is 18.2. The lowest BCUT2D eigenvalue weighted by atomic mass is 9.75. The fourth-order valence-corrected chi connectivity index (χ4v) is 9.28. The number of ether oxygens (including phenoxy) is 2. The number of rotatable bonds is 7. The van der Waals surface area contributed by atoms with Gasteiger partial charge in [0.1, 0.15) is 11.9 Å². The number of hydrogen-bond acceptors (Lipinski definition) is 9. The molecule has 0 spiro atoms. The van der Waals surface area contributed by atoms with Gasteiger partial charge in [-0.1, -0.05) is 52.0 Å². The molecule has 0 radical (unpaired) electrons. The van der Waals surface area contributed by atoms with Gasteiger partial charge in [0.05, 0.1) is 29.9 Å². The van der Waals surface area contributed by atoms with Crippen LogP contribution in [0.25, 0.3) is 0 Å². The van der Waals surface area contributed by atoms with E-state index in [1.165, 1.54) is 4.90 Å². The Labute approximate surface area is 300 Å². The van der Waals surface area contributed by atoms with Crippen LogP contribution >= 0.6 is 0 Å². The zero-order valence-electron chi connectivity index (χ0n) is 30.1. The van der Waals surface area contributed by atoms with Crippen LogP contribution in [-0.4, -0.2) is 84.8 Å². The van der Waals surface area contributed by atoms with Crippen molar-refractivity contribution in [2.75, 3.05) is 19.8 Å². The minimum absolute atomic E-state index is 0.0221. The Kier molecular flexibility index (Phi) is 10.3. The van der Waals surface area contributed by atoms with Gasteiger partial charge in [-0.3, -0.25) is 28.8 Å². The van der Waals surface area contributed by atoms with E-state index in [1.54, 1.807) is 17.9 Å². The van der Waals surface area contributed by atoms with Gasteiger partial charge >= 0.3 is 6.09 Å². The maximum Gasteiger partial charge on any atom is 0.410 e. The number of benzene rings is 1. The lowest BCUT2D eigenvalue weighted by Crippen LogP contribution is -2.49. The predicted molar refractivity (Wildman–Crippen MR) is 187 cm³/mol. The van der Waals surface area contributed by atoms with Gasteiger partial charge in [0, 0.05) is 50.8 Å². The number of fused-ring (bicyclic) bond motifs is 3. The summed E-state index contributed by atoms with van der Waals surface area (Å²) in [5.74, 6) is -3.32. The fraction of sp³-hybridized carbons (Fsp3) is 0.658. The fourth-order valence-electron chi connectivity index (χ4n) is 7.90. The van der Waals surface area contributed by atoms with Crippen LogP contribution in [0.1, 0.15) is 89.3 Å². The van der Waals surface area contributed by atoms with Crippen molar-refractivity contribution in [3.63, 3.8) is 0 Å². The SMILES string of the molecule is C=C[C@@H]1C[C@]1(CC(=O)[C@@H]1C[C@@H]2CN1C(=O)[C@H](C(C)(C)C)CC(=O)[C@@H](C)COCCCc1cccc3c1CN(C3)C(=O)O2)C(=O)NS(=O)(=O)C1CC1. The summed E-state index contributed by atoms with van der Waals surface area (Å²) >= 11 is 0. The second kappa shape index (κ2) is 14.1. The first-order chi connectivity index (χ1) is 24.0. The minimum Gasteiger partial charge on any atom is -0.444 e. The molecular formula is C38H51N3O9S. The number of allylic oxidation sites excluding steroid dienone is 1. The smallest absolute Gasteiger partial charge is 0.410 e. The molecule has 2 saturated carbocycles. The molecule has 13 heteroatoms. The molecule has 1 N–H and O–H groups in total. The van der Waals surface area contributed by atoms with Crippen LogP contribution in [-0.2, 0) is 58.2 Å². The van der Waals surface area contributed by atoms with Gasteiger partial charge in [0.2, 0.25) is 21.8 Å². The highest BCUT2D eigenvalue weighted by Crippen LogP contribution is 2.57. The maximum absolute atomic E-state index is 14.5. The molecule has 6 atom stereocenters. The molecule has 3 aliphatic heterocycles. The van der Waals surface area contributed by atoms with Crippen molar-refractivity contribution in [3.8, 4) is 0 Å². The summed E-state index contributed by atoms with van der Waals surface area (Å²) in [4.78, 5) is 72.5. The number of amides is 3. The Balaban J connectivity index is 1.28. The van der Waals surface area contributed by atoms with Crippen LogP contribution in [0.2, 0.25) is 0 Å². The van der Waals surface area contributed by atoms with E-state index in [4.69, 9.17) is 9.47 Å². The Hall–Kier alpha value is -3.58. The number of aryl methyl sites for hydroxylation is 1. The van der Waals surface area contributed by atoms with Crippen LogP contribution in [0, 0.1) is 28.6 Å². The van der Waals surface area contributed by atoms with E-state index in [0.717, 1.165) is 29.5 Å². The van der Waals surface area contributed by atoms with Crippen molar-refractivity contribution in [1.29, 1.82) is 0 Å². The van der Waals surface area contributed by atoms with Gasteiger partial charge in [-0.25, -0.2) is 13.2 Å². The third-order valence-electron chi connectivity index (χ3n) is 11.5. The molecule has 278 valence electrons. The quantitative estimate of drug-likeness (QED) is 0.409. The molecule has 1 aromatic carbocycles. The van der Waals surface area contributed by atoms with Gasteiger partial charge < -0.3 is 14.4 Å². The first kappa shape index (κ1) is 37.2. The summed E-state index contributed by atoms with van der Waals surface area (Å²) < 4.78 is 39.5. The van der Waals surface area contributed by atoms with E-state index in [2.05, 4.69) is 17.4 Å². The number of hydrogen-bond donors (Lipinski definition) is 1. The van der Waals surface area contributed by atoms with Crippen molar-refractivity contribution in [1.82, 2.24) is 14.5 Å². The van der Waals surface area contributed by atoms with E-state index in [1.807, 2.05) is 32.9 Å². The maximum atomic E-state index is 14.5. The van der Waals surface area contributed by atoms with E-state index in [0.29, 0.717) is 32.5 Å². The van der Waals surface area contributed by atoms with Gasteiger partial charge in [-0.15, -0.1) is 6.58 Å². The number of carbonyl (C=O) groups is 5. The van der Waals surface area contributed by atoms with E-state index in [-0.39, 0.29) is 44.6 Å². The van der Waals surface area contributed by atoms with E-state index < -0.39 is 79.7 Å². The molecule has 3 fully saturated rings. The summed E-state index contributed by atoms with van der Waals surface area (Å²) in [6, 6.07) is 4.98. The second-order valence-electron chi connectivity index (χ2n) is 16.3. The molecule has 1 saturated heterocycles. The molecule has 1 aromatic rings. The molecule has 2 aliphatic carbocycles. The van der Waals surface area contributed by atoms with E-state index >= 15 is 0 Å². The van der Waals surface area contributed by atoms with Crippen LogP contribution in [0.4, 0.5) is 4.79 Å². The predicted octanol–water partition coefficient (Wildman–Crippen LogP) is 4.09. The normalized spacial score (nSPS) is 30.6. The Bertz CT molecular complexity index is 1710. The zero-order valence-corrected chi connectivity index (χ0v) is 31.0. The van der Waals surface area contributed by atoms with Crippen molar-refractivity contribution in [2.45, 2.75) is 110 Å². The number of sulfonamides is 1.